The molecule has 0 radical (unpaired) electrons. The molecule has 0 unspecified atom stereocenters. The lowest BCUT2D eigenvalue weighted by atomic mass is 10.0. The molecule has 1 aromatic carbocycles. The van der Waals surface area contributed by atoms with Crippen LogP contribution in [0.25, 0.3) is 11.0 Å². The van der Waals surface area contributed by atoms with E-state index < -0.39 is 0 Å². The van der Waals surface area contributed by atoms with Crippen molar-refractivity contribution < 1.29 is 4.63 Å². The van der Waals surface area contributed by atoms with E-state index in [0.717, 1.165) is 42.9 Å². The number of rotatable bonds is 5. The largest absolute Gasteiger partial charge is 0.310 e. The molecule has 0 aliphatic carbocycles. The first kappa shape index (κ1) is 15.2. The Morgan fingerprint density at radius 1 is 1.08 bits per heavy atom. The number of pyridine rings is 1. The van der Waals surface area contributed by atoms with Crippen LogP contribution in [0.5, 0.6) is 0 Å². The Bertz CT molecular complexity index is 780. The summed E-state index contributed by atoms with van der Waals surface area (Å²) in [6.45, 7) is 4.03. The topological polar surface area (TPSA) is 67.1 Å². The highest BCUT2D eigenvalue weighted by Crippen LogP contribution is 2.15. The van der Waals surface area contributed by atoms with E-state index in [-0.39, 0.29) is 0 Å². The van der Waals surface area contributed by atoms with Crippen molar-refractivity contribution in [2.24, 2.45) is 0 Å². The van der Waals surface area contributed by atoms with Crippen LogP contribution in [-0.2, 0) is 13.1 Å². The minimum atomic E-state index is 0.566. The lowest BCUT2D eigenvalue weighted by molar-refractivity contribution is 0.188. The molecule has 1 aliphatic rings. The quantitative estimate of drug-likeness (QED) is 0.777. The fraction of sp³-hybridized carbons (Fsp3) is 0.389. The second-order valence-electron chi connectivity index (χ2n) is 6.34. The SMILES string of the molecule is c1ccc(CN2CCC(NCc3ccc4nonc4c3)CC2)nc1. The number of benzene rings is 1. The average Bonchev–Trinajstić information content (AvgIpc) is 3.10. The molecule has 6 nitrogen and oxygen atoms in total. The molecule has 0 amide bonds. The van der Waals surface area contributed by atoms with Gasteiger partial charge in [-0.15, -0.1) is 0 Å². The van der Waals surface area contributed by atoms with Gasteiger partial charge in [0, 0.05) is 38.4 Å². The van der Waals surface area contributed by atoms with E-state index in [0.29, 0.717) is 6.04 Å². The van der Waals surface area contributed by atoms with Gasteiger partial charge in [0.15, 0.2) is 0 Å². The van der Waals surface area contributed by atoms with Crippen LogP contribution >= 0.6 is 0 Å². The molecule has 4 rings (SSSR count). The Kier molecular flexibility index (Phi) is 4.49. The van der Waals surface area contributed by atoms with Crippen LogP contribution in [0.2, 0.25) is 0 Å². The van der Waals surface area contributed by atoms with Gasteiger partial charge in [-0.1, -0.05) is 12.1 Å². The van der Waals surface area contributed by atoms with Gasteiger partial charge in [0.25, 0.3) is 0 Å². The summed E-state index contributed by atoms with van der Waals surface area (Å²) in [5, 5.41) is 11.4. The second kappa shape index (κ2) is 7.07. The van der Waals surface area contributed by atoms with Gasteiger partial charge in [0.2, 0.25) is 0 Å². The van der Waals surface area contributed by atoms with Crippen molar-refractivity contribution in [3.8, 4) is 0 Å². The highest BCUT2D eigenvalue weighted by atomic mass is 16.6. The van der Waals surface area contributed by atoms with E-state index in [4.69, 9.17) is 4.63 Å². The Morgan fingerprint density at radius 2 is 1.96 bits per heavy atom. The molecule has 1 saturated heterocycles. The van der Waals surface area contributed by atoms with Gasteiger partial charge in [-0.05, 0) is 53.0 Å². The molecule has 6 heteroatoms. The number of hydrogen-bond donors (Lipinski definition) is 1. The van der Waals surface area contributed by atoms with Gasteiger partial charge < -0.3 is 5.32 Å². The molecule has 124 valence electrons. The summed E-state index contributed by atoms with van der Waals surface area (Å²) in [6, 6.07) is 12.8. The Balaban J connectivity index is 1.25. The number of nitrogens with one attached hydrogen (secondary N) is 1. The summed E-state index contributed by atoms with van der Waals surface area (Å²) in [5.74, 6) is 0. The van der Waals surface area contributed by atoms with Crippen LogP contribution in [0.1, 0.15) is 24.1 Å². The van der Waals surface area contributed by atoms with E-state index in [1.54, 1.807) is 0 Å². The van der Waals surface area contributed by atoms with Crippen molar-refractivity contribution in [2.75, 3.05) is 13.1 Å². The molecule has 2 aromatic heterocycles. The van der Waals surface area contributed by atoms with E-state index in [2.05, 4.69) is 43.7 Å². The zero-order chi connectivity index (χ0) is 16.2. The molecule has 3 aromatic rings. The molecule has 1 aliphatic heterocycles. The standard InChI is InChI=1S/C18H21N5O/c1-2-8-19-16(3-1)13-23-9-6-15(7-10-23)20-12-14-4-5-17-18(11-14)22-24-21-17/h1-5,8,11,15,20H,6-7,9-10,12-13H2. The fourth-order valence-corrected chi connectivity index (χ4v) is 3.22. The maximum absolute atomic E-state index is 4.74. The second-order valence-corrected chi connectivity index (χ2v) is 6.34. The summed E-state index contributed by atoms with van der Waals surface area (Å²) in [6.07, 6.45) is 4.20. The molecule has 1 fully saturated rings. The van der Waals surface area contributed by atoms with Crippen LogP contribution in [0, 0.1) is 0 Å². The van der Waals surface area contributed by atoms with Gasteiger partial charge in [-0.2, -0.15) is 0 Å². The smallest absolute Gasteiger partial charge is 0.135 e. The maximum atomic E-state index is 4.74. The Morgan fingerprint density at radius 3 is 2.79 bits per heavy atom. The average molecular weight is 323 g/mol. The summed E-state index contributed by atoms with van der Waals surface area (Å²) >= 11 is 0. The van der Waals surface area contributed by atoms with Crippen molar-refractivity contribution in [1.82, 2.24) is 25.5 Å². The summed E-state index contributed by atoms with van der Waals surface area (Å²) in [4.78, 5) is 6.89. The third-order valence-corrected chi connectivity index (χ3v) is 4.61. The first-order valence-electron chi connectivity index (χ1n) is 8.44. The van der Waals surface area contributed by atoms with Gasteiger partial charge in [-0.3, -0.25) is 9.88 Å². The lowest BCUT2D eigenvalue weighted by Gasteiger charge is -2.32. The van der Waals surface area contributed by atoms with Gasteiger partial charge in [0.05, 0.1) is 5.69 Å². The normalized spacial score (nSPS) is 16.7. The molecular formula is C18H21N5O. The van der Waals surface area contributed by atoms with Crippen molar-refractivity contribution in [1.29, 1.82) is 0 Å². The van der Waals surface area contributed by atoms with E-state index in [1.807, 2.05) is 24.4 Å². The van der Waals surface area contributed by atoms with Crippen molar-refractivity contribution in [3.63, 3.8) is 0 Å². The van der Waals surface area contributed by atoms with Crippen LogP contribution in [0.15, 0.2) is 47.2 Å². The minimum Gasteiger partial charge on any atom is -0.310 e. The highest BCUT2D eigenvalue weighted by Gasteiger charge is 2.19. The highest BCUT2D eigenvalue weighted by molar-refractivity contribution is 5.73. The molecule has 0 atom stereocenters. The molecule has 0 spiro atoms. The summed E-state index contributed by atoms with van der Waals surface area (Å²) in [7, 11) is 0. The van der Waals surface area contributed by atoms with E-state index in [9.17, 15) is 0 Å². The van der Waals surface area contributed by atoms with Crippen LogP contribution < -0.4 is 5.32 Å². The zero-order valence-corrected chi connectivity index (χ0v) is 13.6. The number of nitrogens with zero attached hydrogens (tertiary/aromatic N) is 4. The molecule has 1 N–H and O–H groups in total. The van der Waals surface area contributed by atoms with Crippen molar-refractivity contribution in [2.45, 2.75) is 32.0 Å². The molecular weight excluding hydrogens is 302 g/mol. The van der Waals surface area contributed by atoms with Gasteiger partial charge in [-0.25, -0.2) is 4.63 Å². The molecule has 0 bridgehead atoms. The molecule has 0 saturated carbocycles. The number of likely N-dealkylation sites (tertiary alicyclic amines) is 1. The Hall–Kier alpha value is -2.31. The fourth-order valence-electron chi connectivity index (χ4n) is 3.22. The number of hydrogen-bond acceptors (Lipinski definition) is 6. The van der Waals surface area contributed by atoms with E-state index >= 15 is 0 Å². The van der Waals surface area contributed by atoms with Crippen LogP contribution in [-0.4, -0.2) is 39.3 Å². The zero-order valence-electron chi connectivity index (χ0n) is 13.6. The van der Waals surface area contributed by atoms with Crippen molar-refractivity contribution >= 4 is 11.0 Å². The number of aromatic nitrogens is 3. The molecule has 3 heterocycles. The Labute approximate surface area is 140 Å². The third-order valence-electron chi connectivity index (χ3n) is 4.61. The van der Waals surface area contributed by atoms with E-state index in [1.165, 1.54) is 18.4 Å². The van der Waals surface area contributed by atoms with Crippen LogP contribution in [0.4, 0.5) is 0 Å². The maximum Gasteiger partial charge on any atom is 0.135 e. The first-order valence-corrected chi connectivity index (χ1v) is 8.44. The predicted octanol–water partition coefficient (Wildman–Crippen LogP) is 2.37. The summed E-state index contributed by atoms with van der Waals surface area (Å²) in [5.41, 5.74) is 3.99. The third kappa shape index (κ3) is 3.60. The summed E-state index contributed by atoms with van der Waals surface area (Å²) < 4.78 is 4.74. The van der Waals surface area contributed by atoms with Crippen molar-refractivity contribution in [3.05, 3.63) is 53.9 Å². The van der Waals surface area contributed by atoms with Gasteiger partial charge >= 0.3 is 0 Å². The number of piperidine rings is 1. The first-order chi connectivity index (χ1) is 11.9. The van der Waals surface area contributed by atoms with Crippen LogP contribution in [0.3, 0.4) is 0 Å². The predicted molar refractivity (Wildman–Crippen MR) is 91.2 cm³/mol. The number of fused-ring (bicyclic) bond motifs is 1. The minimum absolute atomic E-state index is 0.566. The lowest BCUT2D eigenvalue weighted by Crippen LogP contribution is -2.41. The monoisotopic (exact) mass is 323 g/mol. The van der Waals surface area contributed by atoms with Gasteiger partial charge in [0.1, 0.15) is 11.0 Å². The molecule has 24 heavy (non-hydrogen) atoms.